The molecule has 0 aliphatic carbocycles. The average molecular weight is 286 g/mol. The first-order chi connectivity index (χ1) is 10.1. The molecule has 2 N–H and O–H groups in total. The van der Waals surface area contributed by atoms with E-state index in [1.54, 1.807) is 12.1 Å². The van der Waals surface area contributed by atoms with Gasteiger partial charge < -0.3 is 15.2 Å². The quantitative estimate of drug-likeness (QED) is 0.764. The van der Waals surface area contributed by atoms with Gasteiger partial charge in [-0.05, 0) is 36.8 Å². The van der Waals surface area contributed by atoms with Crippen LogP contribution in [0.1, 0.15) is 21.7 Å². The molecular formula is C16H18N2O3. The Balaban J connectivity index is 1.72. The molecule has 5 heteroatoms. The highest BCUT2D eigenvalue weighted by molar-refractivity contribution is 5.85. The lowest BCUT2D eigenvalue weighted by atomic mass is 10.2. The molecule has 1 aromatic heterocycles. The number of aromatic nitrogens is 1. The Morgan fingerprint density at radius 1 is 1.29 bits per heavy atom. The third kappa shape index (κ3) is 4.89. The topological polar surface area (TPSA) is 71.5 Å². The second-order valence-corrected chi connectivity index (χ2v) is 4.66. The highest BCUT2D eigenvalue weighted by Crippen LogP contribution is 2.11. The van der Waals surface area contributed by atoms with Gasteiger partial charge in [-0.25, -0.2) is 9.78 Å². The van der Waals surface area contributed by atoms with E-state index in [2.05, 4.69) is 10.3 Å². The zero-order valence-corrected chi connectivity index (χ0v) is 11.9. The maximum atomic E-state index is 10.8. The third-order valence-electron chi connectivity index (χ3n) is 2.87. The molecule has 1 heterocycles. The predicted octanol–water partition coefficient (Wildman–Crippen LogP) is 2.26. The minimum Gasteiger partial charge on any atom is -0.492 e. The second kappa shape index (κ2) is 7.40. The molecule has 0 saturated carbocycles. The molecule has 0 amide bonds. The van der Waals surface area contributed by atoms with Crippen molar-refractivity contribution in [1.82, 2.24) is 10.3 Å². The van der Waals surface area contributed by atoms with E-state index in [-0.39, 0.29) is 5.69 Å². The van der Waals surface area contributed by atoms with Crippen LogP contribution in [0.2, 0.25) is 0 Å². The number of aromatic carboxylic acids is 1. The van der Waals surface area contributed by atoms with Crippen LogP contribution in [-0.4, -0.2) is 29.2 Å². The normalized spacial score (nSPS) is 10.3. The molecule has 5 nitrogen and oxygen atoms in total. The summed E-state index contributed by atoms with van der Waals surface area (Å²) in [6, 6.07) is 12.8. The van der Waals surface area contributed by atoms with Gasteiger partial charge in [0.2, 0.25) is 0 Å². The molecule has 0 bridgehead atoms. The van der Waals surface area contributed by atoms with E-state index < -0.39 is 5.97 Å². The van der Waals surface area contributed by atoms with Crippen molar-refractivity contribution >= 4 is 5.97 Å². The zero-order valence-electron chi connectivity index (χ0n) is 11.9. The monoisotopic (exact) mass is 286 g/mol. The largest absolute Gasteiger partial charge is 0.492 e. The lowest BCUT2D eigenvalue weighted by Gasteiger charge is -2.08. The average Bonchev–Trinajstić information content (AvgIpc) is 2.47. The first-order valence-corrected chi connectivity index (χ1v) is 6.74. The van der Waals surface area contributed by atoms with Gasteiger partial charge in [0.25, 0.3) is 0 Å². The molecule has 21 heavy (non-hydrogen) atoms. The van der Waals surface area contributed by atoms with Gasteiger partial charge in [-0.2, -0.15) is 0 Å². The minimum absolute atomic E-state index is 0.0605. The van der Waals surface area contributed by atoms with Gasteiger partial charge in [0, 0.05) is 13.1 Å². The number of carbonyl (C=O) groups is 1. The maximum absolute atomic E-state index is 10.8. The molecule has 0 aliphatic heterocycles. The Kier molecular flexibility index (Phi) is 5.29. The summed E-state index contributed by atoms with van der Waals surface area (Å²) in [5, 5.41) is 12.0. The Labute approximate surface area is 123 Å². The molecule has 0 radical (unpaired) electrons. The highest BCUT2D eigenvalue weighted by atomic mass is 16.5. The van der Waals surface area contributed by atoms with E-state index in [1.165, 1.54) is 6.07 Å². The SMILES string of the molecule is Cc1cccc(OCCNCc2cccc(C(=O)O)n2)c1. The van der Waals surface area contributed by atoms with Gasteiger partial charge in [-0.15, -0.1) is 0 Å². The van der Waals surface area contributed by atoms with Crippen LogP contribution in [0.25, 0.3) is 0 Å². The summed E-state index contributed by atoms with van der Waals surface area (Å²) in [5.74, 6) is -0.164. The van der Waals surface area contributed by atoms with Crippen molar-refractivity contribution in [2.75, 3.05) is 13.2 Å². The second-order valence-electron chi connectivity index (χ2n) is 4.66. The highest BCUT2D eigenvalue weighted by Gasteiger charge is 2.04. The van der Waals surface area contributed by atoms with E-state index in [0.29, 0.717) is 25.4 Å². The standard InChI is InChI=1S/C16H18N2O3/c1-12-4-2-6-14(10-12)21-9-8-17-11-13-5-3-7-15(18-13)16(19)20/h2-7,10,17H,8-9,11H2,1H3,(H,19,20). The number of carboxylic acid groups (broad SMARTS) is 1. The molecule has 0 spiro atoms. The molecule has 0 fully saturated rings. The number of aryl methyl sites for hydroxylation is 1. The summed E-state index contributed by atoms with van der Waals surface area (Å²) < 4.78 is 5.61. The van der Waals surface area contributed by atoms with Crippen molar-refractivity contribution in [3.05, 3.63) is 59.4 Å². The molecule has 0 saturated heterocycles. The van der Waals surface area contributed by atoms with Gasteiger partial charge >= 0.3 is 5.97 Å². The van der Waals surface area contributed by atoms with Gasteiger partial charge in [-0.3, -0.25) is 0 Å². The van der Waals surface area contributed by atoms with Crippen LogP contribution in [-0.2, 0) is 6.54 Å². The Hall–Kier alpha value is -2.40. The molecular weight excluding hydrogens is 268 g/mol. The van der Waals surface area contributed by atoms with Crippen molar-refractivity contribution in [2.45, 2.75) is 13.5 Å². The van der Waals surface area contributed by atoms with Gasteiger partial charge in [0.15, 0.2) is 0 Å². The number of hydrogen-bond donors (Lipinski definition) is 2. The number of rotatable bonds is 7. The minimum atomic E-state index is -1.01. The third-order valence-corrected chi connectivity index (χ3v) is 2.87. The smallest absolute Gasteiger partial charge is 0.354 e. The van der Waals surface area contributed by atoms with E-state index in [1.807, 2.05) is 31.2 Å². The number of hydrogen-bond acceptors (Lipinski definition) is 4. The fraction of sp³-hybridized carbons (Fsp3) is 0.250. The summed E-state index contributed by atoms with van der Waals surface area (Å²) in [5.41, 5.74) is 1.92. The van der Waals surface area contributed by atoms with Crippen molar-refractivity contribution in [2.24, 2.45) is 0 Å². The predicted molar refractivity (Wildman–Crippen MR) is 79.6 cm³/mol. The Morgan fingerprint density at radius 3 is 2.86 bits per heavy atom. The van der Waals surface area contributed by atoms with Crippen LogP contribution in [0.4, 0.5) is 0 Å². The molecule has 110 valence electrons. The summed E-state index contributed by atoms with van der Waals surface area (Å²) in [7, 11) is 0. The number of benzene rings is 1. The van der Waals surface area contributed by atoms with Crippen LogP contribution in [0.15, 0.2) is 42.5 Å². The van der Waals surface area contributed by atoms with Gasteiger partial charge in [-0.1, -0.05) is 18.2 Å². The van der Waals surface area contributed by atoms with Crippen LogP contribution in [0.5, 0.6) is 5.75 Å². The number of nitrogens with zero attached hydrogens (tertiary/aromatic N) is 1. The van der Waals surface area contributed by atoms with Gasteiger partial charge in [0.1, 0.15) is 18.1 Å². The maximum Gasteiger partial charge on any atom is 0.354 e. The number of carboxylic acids is 1. The van der Waals surface area contributed by atoms with Gasteiger partial charge in [0.05, 0.1) is 5.69 Å². The van der Waals surface area contributed by atoms with Crippen LogP contribution in [0.3, 0.4) is 0 Å². The molecule has 0 aliphatic rings. The van der Waals surface area contributed by atoms with E-state index >= 15 is 0 Å². The Morgan fingerprint density at radius 2 is 2.10 bits per heavy atom. The first kappa shape index (κ1) is 15.0. The zero-order chi connectivity index (χ0) is 15.1. The lowest BCUT2D eigenvalue weighted by molar-refractivity contribution is 0.0690. The first-order valence-electron chi connectivity index (χ1n) is 6.74. The molecule has 1 aromatic carbocycles. The van der Waals surface area contributed by atoms with E-state index in [4.69, 9.17) is 9.84 Å². The van der Waals surface area contributed by atoms with E-state index in [0.717, 1.165) is 11.3 Å². The summed E-state index contributed by atoms with van der Waals surface area (Å²) in [6.07, 6.45) is 0. The summed E-state index contributed by atoms with van der Waals surface area (Å²) in [4.78, 5) is 14.8. The molecule has 2 rings (SSSR count). The Bertz CT molecular complexity index is 614. The van der Waals surface area contributed by atoms with Crippen molar-refractivity contribution < 1.29 is 14.6 Å². The summed E-state index contributed by atoms with van der Waals surface area (Å²) >= 11 is 0. The number of nitrogens with one attached hydrogen (secondary N) is 1. The van der Waals surface area contributed by atoms with E-state index in [9.17, 15) is 4.79 Å². The molecule has 0 atom stereocenters. The van der Waals surface area contributed by atoms with Crippen LogP contribution < -0.4 is 10.1 Å². The molecule has 2 aromatic rings. The van der Waals surface area contributed by atoms with Crippen molar-refractivity contribution in [3.8, 4) is 5.75 Å². The lowest BCUT2D eigenvalue weighted by Crippen LogP contribution is -2.21. The number of ether oxygens (including phenoxy) is 1. The number of pyridine rings is 1. The van der Waals surface area contributed by atoms with Crippen molar-refractivity contribution in [3.63, 3.8) is 0 Å². The fourth-order valence-corrected chi connectivity index (χ4v) is 1.86. The van der Waals surface area contributed by atoms with Crippen LogP contribution in [0, 0.1) is 6.92 Å². The fourth-order valence-electron chi connectivity index (χ4n) is 1.86. The van der Waals surface area contributed by atoms with Crippen molar-refractivity contribution in [1.29, 1.82) is 0 Å². The summed E-state index contributed by atoms with van der Waals surface area (Å²) in [6.45, 7) is 3.74. The van der Waals surface area contributed by atoms with Crippen LogP contribution >= 0.6 is 0 Å². The molecule has 0 unspecified atom stereocenters.